The predicted molar refractivity (Wildman–Crippen MR) is 79.8 cm³/mol. The standard InChI is InChI=1S/C10H12BrF2N2O6PS/c1-6(15-23(20,21)14-5-16)7-2-3-8(9(11)4-7)10(12,13)22(17,18)19/h2-6,15H,1H3,(H,14,16)(H2,17,18,19). The molecular formula is C10H12BrF2N2O6PS. The number of amides is 1. The van der Waals surface area contributed by atoms with Crippen LogP contribution in [0.1, 0.15) is 24.1 Å². The zero-order valence-electron chi connectivity index (χ0n) is 11.4. The molecular weight excluding hydrogens is 425 g/mol. The first kappa shape index (κ1) is 20.1. The van der Waals surface area contributed by atoms with Crippen LogP contribution in [0.15, 0.2) is 22.7 Å². The van der Waals surface area contributed by atoms with Crippen LogP contribution >= 0.6 is 23.5 Å². The molecule has 4 N–H and O–H groups in total. The highest BCUT2D eigenvalue weighted by Gasteiger charge is 2.51. The van der Waals surface area contributed by atoms with Crippen molar-refractivity contribution in [3.63, 3.8) is 0 Å². The van der Waals surface area contributed by atoms with Crippen LogP contribution in [0.4, 0.5) is 8.78 Å². The number of alkyl halides is 2. The van der Waals surface area contributed by atoms with Gasteiger partial charge in [-0.25, -0.2) is 4.72 Å². The average molecular weight is 437 g/mol. The van der Waals surface area contributed by atoms with Gasteiger partial charge < -0.3 is 9.79 Å². The molecule has 1 aromatic carbocycles. The second kappa shape index (κ2) is 6.91. The lowest BCUT2D eigenvalue weighted by molar-refractivity contribution is -0.108. The maximum absolute atomic E-state index is 13.7. The van der Waals surface area contributed by atoms with Gasteiger partial charge in [-0.05, 0) is 18.6 Å². The highest BCUT2D eigenvalue weighted by molar-refractivity contribution is 9.10. The van der Waals surface area contributed by atoms with E-state index >= 15 is 0 Å². The molecule has 0 aliphatic carbocycles. The van der Waals surface area contributed by atoms with E-state index in [0.29, 0.717) is 0 Å². The van der Waals surface area contributed by atoms with Gasteiger partial charge in [-0.1, -0.05) is 28.1 Å². The summed E-state index contributed by atoms with van der Waals surface area (Å²) in [5.41, 5.74) is -5.11. The minimum Gasteiger partial charge on any atom is -0.320 e. The molecule has 1 amide bonds. The second-order valence-corrected chi connectivity index (χ2v) is 8.39. The summed E-state index contributed by atoms with van der Waals surface area (Å²) in [7, 11) is -9.83. The SMILES string of the molecule is CC(NS(=O)(=O)NC=O)c1ccc(C(F)(F)P(=O)(O)O)c(Br)c1. The van der Waals surface area contributed by atoms with Gasteiger partial charge in [-0.15, -0.1) is 0 Å². The van der Waals surface area contributed by atoms with Crippen LogP contribution in [0.25, 0.3) is 0 Å². The molecule has 0 bridgehead atoms. The maximum Gasteiger partial charge on any atom is 0.399 e. The Balaban J connectivity index is 3.15. The van der Waals surface area contributed by atoms with Gasteiger partial charge in [0.25, 0.3) is 0 Å². The largest absolute Gasteiger partial charge is 0.399 e. The van der Waals surface area contributed by atoms with Gasteiger partial charge in [-0.3, -0.25) is 9.36 Å². The molecule has 0 saturated heterocycles. The zero-order valence-corrected chi connectivity index (χ0v) is 14.7. The van der Waals surface area contributed by atoms with Gasteiger partial charge in [0.1, 0.15) is 0 Å². The van der Waals surface area contributed by atoms with Crippen LogP contribution in [0, 0.1) is 0 Å². The third-order valence-electron chi connectivity index (χ3n) is 2.72. The van der Waals surface area contributed by atoms with E-state index in [9.17, 15) is 26.6 Å². The molecule has 0 aliphatic heterocycles. The summed E-state index contributed by atoms with van der Waals surface area (Å²) in [5, 5.41) is 0. The topological polar surface area (TPSA) is 133 Å². The second-order valence-electron chi connectivity index (χ2n) is 4.40. The van der Waals surface area contributed by atoms with Crippen molar-refractivity contribution in [2.24, 2.45) is 0 Å². The van der Waals surface area contributed by atoms with E-state index in [4.69, 9.17) is 9.79 Å². The smallest absolute Gasteiger partial charge is 0.320 e. The Bertz CT molecular complexity index is 754. The van der Waals surface area contributed by atoms with Crippen molar-refractivity contribution in [1.29, 1.82) is 0 Å². The van der Waals surface area contributed by atoms with Crippen molar-refractivity contribution < 1.29 is 36.3 Å². The highest BCUT2D eigenvalue weighted by atomic mass is 79.9. The van der Waals surface area contributed by atoms with Crippen molar-refractivity contribution in [2.75, 3.05) is 0 Å². The Kier molecular flexibility index (Phi) is 6.05. The van der Waals surface area contributed by atoms with Crippen LogP contribution in [-0.2, 0) is 25.2 Å². The van der Waals surface area contributed by atoms with Crippen LogP contribution in [0.2, 0.25) is 0 Å². The molecule has 1 atom stereocenters. The summed E-state index contributed by atoms with van der Waals surface area (Å²) < 4.78 is 64.2. The number of hydrogen-bond acceptors (Lipinski definition) is 4. The first-order chi connectivity index (χ1) is 10.3. The Morgan fingerprint density at radius 2 is 1.96 bits per heavy atom. The van der Waals surface area contributed by atoms with Crippen LogP contribution in [-0.4, -0.2) is 24.6 Å². The van der Waals surface area contributed by atoms with Gasteiger partial charge >= 0.3 is 23.5 Å². The molecule has 0 saturated carbocycles. The van der Waals surface area contributed by atoms with Gasteiger partial charge in [0, 0.05) is 16.1 Å². The molecule has 0 fully saturated rings. The number of hydrogen-bond donors (Lipinski definition) is 4. The fourth-order valence-electron chi connectivity index (χ4n) is 1.60. The molecule has 0 aromatic heterocycles. The lowest BCUT2D eigenvalue weighted by atomic mass is 10.1. The van der Waals surface area contributed by atoms with E-state index in [0.717, 1.165) is 18.2 Å². The monoisotopic (exact) mass is 436 g/mol. The number of rotatable bonds is 7. The zero-order chi connectivity index (χ0) is 18.1. The molecule has 1 unspecified atom stereocenters. The molecule has 0 radical (unpaired) electrons. The molecule has 13 heteroatoms. The van der Waals surface area contributed by atoms with E-state index in [1.165, 1.54) is 11.6 Å². The van der Waals surface area contributed by atoms with Crippen molar-refractivity contribution >= 4 is 40.1 Å². The van der Waals surface area contributed by atoms with Crippen LogP contribution < -0.4 is 9.44 Å². The normalized spacial score (nSPS) is 14.3. The molecule has 0 heterocycles. The first-order valence-electron chi connectivity index (χ1n) is 5.78. The minimum absolute atomic E-state index is 0.0470. The van der Waals surface area contributed by atoms with Crippen LogP contribution in [0.5, 0.6) is 0 Å². The first-order valence-corrected chi connectivity index (χ1v) is 9.67. The van der Waals surface area contributed by atoms with E-state index in [2.05, 4.69) is 20.7 Å². The van der Waals surface area contributed by atoms with Crippen LogP contribution in [0.3, 0.4) is 0 Å². The Morgan fingerprint density at radius 1 is 1.39 bits per heavy atom. The number of carbonyl (C=O) groups is 1. The number of nitrogens with one attached hydrogen (secondary N) is 2. The number of benzene rings is 1. The fourth-order valence-corrected chi connectivity index (χ4v) is 3.70. The lowest BCUT2D eigenvalue weighted by Gasteiger charge is -2.21. The van der Waals surface area contributed by atoms with Gasteiger partial charge in [0.15, 0.2) is 0 Å². The summed E-state index contributed by atoms with van der Waals surface area (Å²) in [6.07, 6.45) is -0.0470. The Hall–Kier alpha value is -0.910. The Morgan fingerprint density at radius 3 is 2.39 bits per heavy atom. The summed E-state index contributed by atoms with van der Waals surface area (Å²) in [6, 6.07) is 2.04. The highest BCUT2D eigenvalue weighted by Crippen LogP contribution is 2.60. The molecule has 23 heavy (non-hydrogen) atoms. The van der Waals surface area contributed by atoms with E-state index in [1.54, 1.807) is 0 Å². The maximum atomic E-state index is 13.7. The third kappa shape index (κ3) is 4.78. The van der Waals surface area contributed by atoms with E-state index < -0.39 is 35.1 Å². The molecule has 0 spiro atoms. The fraction of sp³-hybridized carbons (Fsp3) is 0.300. The third-order valence-corrected chi connectivity index (χ3v) is 5.42. The summed E-state index contributed by atoms with van der Waals surface area (Å²) in [4.78, 5) is 27.6. The Labute approximate surface area is 138 Å². The predicted octanol–water partition coefficient (Wildman–Crippen LogP) is 1.32. The summed E-state index contributed by atoms with van der Waals surface area (Å²) in [5.74, 6) is 0. The van der Waals surface area contributed by atoms with Gasteiger partial charge in [-0.2, -0.15) is 21.9 Å². The number of halogens is 3. The molecule has 0 aliphatic rings. The van der Waals surface area contributed by atoms with Gasteiger partial charge in [0.2, 0.25) is 6.41 Å². The molecule has 130 valence electrons. The molecule has 8 nitrogen and oxygen atoms in total. The number of carbonyl (C=O) groups excluding carboxylic acids is 1. The van der Waals surface area contributed by atoms with Crippen molar-refractivity contribution in [3.8, 4) is 0 Å². The van der Waals surface area contributed by atoms with E-state index in [-0.39, 0.29) is 16.4 Å². The quantitative estimate of drug-likeness (QED) is 0.376. The summed E-state index contributed by atoms with van der Waals surface area (Å²) in [6.45, 7) is 1.38. The van der Waals surface area contributed by atoms with Crippen molar-refractivity contribution in [2.45, 2.75) is 18.6 Å². The van der Waals surface area contributed by atoms with Gasteiger partial charge in [0.05, 0.1) is 0 Å². The summed E-state index contributed by atoms with van der Waals surface area (Å²) >= 11 is 2.78. The lowest BCUT2D eigenvalue weighted by Crippen LogP contribution is -2.37. The van der Waals surface area contributed by atoms with Crippen molar-refractivity contribution in [1.82, 2.24) is 9.44 Å². The van der Waals surface area contributed by atoms with E-state index in [1.807, 2.05) is 0 Å². The average Bonchev–Trinajstić information content (AvgIpc) is 2.35. The van der Waals surface area contributed by atoms with Crippen molar-refractivity contribution in [3.05, 3.63) is 33.8 Å². The molecule has 1 aromatic rings. The minimum atomic E-state index is -5.72. The molecule has 1 rings (SSSR count).